The van der Waals surface area contributed by atoms with Crippen LogP contribution in [0.4, 0.5) is 5.69 Å². The van der Waals surface area contributed by atoms with Gasteiger partial charge < -0.3 is 10.1 Å². The number of hydrogen-bond acceptors (Lipinski definition) is 3. The van der Waals surface area contributed by atoms with E-state index in [0.717, 1.165) is 5.56 Å². The number of ether oxygens (including phenoxy) is 1. The van der Waals surface area contributed by atoms with Gasteiger partial charge in [-0.05, 0) is 32.0 Å². The molecule has 0 saturated carbocycles. The number of carbonyl (C=O) groups is 1. The number of carbonyl (C=O) groups excluding carboxylic acids is 1. The Hall–Kier alpha value is -2.62. The Morgan fingerprint density at radius 1 is 1.33 bits per heavy atom. The number of allylic oxidation sites excluding steroid dienone is 1. The molecular weight excluding hydrogens is 264 g/mol. The van der Waals surface area contributed by atoms with Gasteiger partial charge in [0.25, 0.3) is 5.91 Å². The first kappa shape index (κ1) is 14.8. The fourth-order valence-electron chi connectivity index (χ4n) is 1.67. The Morgan fingerprint density at radius 3 is 2.90 bits per heavy atom. The topological polar surface area (TPSA) is 51.2 Å². The number of aromatic nitrogens is 1. The van der Waals surface area contributed by atoms with Crippen LogP contribution in [0.3, 0.4) is 0 Å². The van der Waals surface area contributed by atoms with Crippen molar-refractivity contribution in [3.05, 3.63) is 66.0 Å². The summed E-state index contributed by atoms with van der Waals surface area (Å²) in [4.78, 5) is 15.8. The summed E-state index contributed by atoms with van der Waals surface area (Å²) in [7, 11) is 0. The molecule has 1 aromatic carbocycles. The Labute approximate surface area is 124 Å². The Morgan fingerprint density at radius 2 is 2.19 bits per heavy atom. The van der Waals surface area contributed by atoms with Crippen molar-refractivity contribution in [3.8, 4) is 5.75 Å². The second kappa shape index (κ2) is 7.24. The molecule has 0 aliphatic heterocycles. The minimum atomic E-state index is -0.109. The Bertz CT molecular complexity index is 636. The Kier molecular flexibility index (Phi) is 5.10. The predicted molar refractivity (Wildman–Crippen MR) is 83.1 cm³/mol. The van der Waals surface area contributed by atoms with Gasteiger partial charge in [0, 0.05) is 35.3 Å². The van der Waals surface area contributed by atoms with Gasteiger partial charge in [-0.25, -0.2) is 0 Å². The first-order valence-electron chi connectivity index (χ1n) is 6.75. The van der Waals surface area contributed by atoms with E-state index in [4.69, 9.17) is 4.74 Å². The molecule has 0 unspecified atom stereocenters. The summed E-state index contributed by atoms with van der Waals surface area (Å²) < 4.78 is 5.70. The van der Waals surface area contributed by atoms with E-state index in [9.17, 15) is 4.79 Å². The smallest absolute Gasteiger partial charge is 0.250 e. The minimum absolute atomic E-state index is 0.109. The van der Waals surface area contributed by atoms with E-state index in [2.05, 4.69) is 10.3 Å². The second-order valence-corrected chi connectivity index (χ2v) is 4.60. The summed E-state index contributed by atoms with van der Waals surface area (Å²) >= 11 is 0. The zero-order valence-corrected chi connectivity index (χ0v) is 12.2. The largest absolute Gasteiger partial charge is 0.489 e. The van der Waals surface area contributed by atoms with Crippen LogP contribution in [0.5, 0.6) is 5.75 Å². The van der Waals surface area contributed by atoms with Crippen LogP contribution < -0.4 is 10.1 Å². The van der Waals surface area contributed by atoms with Crippen molar-refractivity contribution in [1.29, 1.82) is 0 Å². The normalized spacial score (nSPS) is 11.0. The van der Waals surface area contributed by atoms with E-state index in [0.29, 0.717) is 23.6 Å². The number of hydrogen-bond donors (Lipinski definition) is 1. The van der Waals surface area contributed by atoms with Crippen LogP contribution >= 0.6 is 0 Å². The summed E-state index contributed by atoms with van der Waals surface area (Å²) in [6, 6.07) is 11.2. The monoisotopic (exact) mass is 282 g/mol. The van der Waals surface area contributed by atoms with Crippen molar-refractivity contribution in [3.63, 3.8) is 0 Å². The first-order chi connectivity index (χ1) is 10.2. The molecule has 0 aliphatic carbocycles. The lowest BCUT2D eigenvalue weighted by atomic mass is 10.2. The van der Waals surface area contributed by atoms with E-state index in [-0.39, 0.29) is 5.91 Å². The SMILES string of the molecule is C/C=C(\C)C(=O)Nc1cccc(OCc2cccnc2)c1. The third-order valence-electron chi connectivity index (χ3n) is 3.01. The molecule has 1 aromatic heterocycles. The predicted octanol–water partition coefficient (Wildman–Crippen LogP) is 3.57. The van der Waals surface area contributed by atoms with Crippen molar-refractivity contribution >= 4 is 11.6 Å². The number of amides is 1. The van der Waals surface area contributed by atoms with Crippen LogP contribution in [-0.2, 0) is 11.4 Å². The molecule has 21 heavy (non-hydrogen) atoms. The average molecular weight is 282 g/mol. The van der Waals surface area contributed by atoms with E-state index in [1.54, 1.807) is 31.5 Å². The molecule has 1 heterocycles. The van der Waals surface area contributed by atoms with E-state index in [1.165, 1.54) is 0 Å². The van der Waals surface area contributed by atoms with Crippen LogP contribution in [0.25, 0.3) is 0 Å². The number of nitrogens with zero attached hydrogens (tertiary/aromatic N) is 1. The minimum Gasteiger partial charge on any atom is -0.489 e. The molecule has 0 fully saturated rings. The zero-order valence-electron chi connectivity index (χ0n) is 12.2. The van der Waals surface area contributed by atoms with Gasteiger partial charge in [0.1, 0.15) is 12.4 Å². The van der Waals surface area contributed by atoms with E-state index < -0.39 is 0 Å². The maximum absolute atomic E-state index is 11.8. The number of nitrogens with one attached hydrogen (secondary N) is 1. The van der Waals surface area contributed by atoms with Crippen LogP contribution in [0, 0.1) is 0 Å². The van der Waals surface area contributed by atoms with E-state index in [1.807, 2.05) is 37.3 Å². The lowest BCUT2D eigenvalue weighted by Gasteiger charge is -2.09. The van der Waals surface area contributed by atoms with Crippen molar-refractivity contribution in [1.82, 2.24) is 4.98 Å². The van der Waals surface area contributed by atoms with Gasteiger partial charge in [0.05, 0.1) is 0 Å². The van der Waals surface area contributed by atoms with Gasteiger partial charge in [-0.2, -0.15) is 0 Å². The van der Waals surface area contributed by atoms with Gasteiger partial charge in [-0.3, -0.25) is 9.78 Å². The van der Waals surface area contributed by atoms with Crippen LogP contribution in [0.1, 0.15) is 19.4 Å². The summed E-state index contributed by atoms with van der Waals surface area (Å²) in [6.45, 7) is 4.06. The molecule has 2 aromatic rings. The second-order valence-electron chi connectivity index (χ2n) is 4.60. The number of pyridine rings is 1. The molecule has 0 bridgehead atoms. The quantitative estimate of drug-likeness (QED) is 0.853. The molecule has 0 atom stereocenters. The number of rotatable bonds is 5. The highest BCUT2D eigenvalue weighted by Crippen LogP contribution is 2.19. The van der Waals surface area contributed by atoms with Crippen molar-refractivity contribution in [2.75, 3.05) is 5.32 Å². The third-order valence-corrected chi connectivity index (χ3v) is 3.01. The third kappa shape index (κ3) is 4.45. The fraction of sp³-hybridized carbons (Fsp3) is 0.176. The van der Waals surface area contributed by atoms with Gasteiger partial charge >= 0.3 is 0 Å². The number of benzene rings is 1. The molecule has 108 valence electrons. The summed E-state index contributed by atoms with van der Waals surface area (Å²) in [5.41, 5.74) is 2.39. The van der Waals surface area contributed by atoms with Gasteiger partial charge in [-0.15, -0.1) is 0 Å². The van der Waals surface area contributed by atoms with Gasteiger partial charge in [0.2, 0.25) is 0 Å². The molecular formula is C17H18N2O2. The summed E-state index contributed by atoms with van der Waals surface area (Å²) in [6.07, 6.45) is 5.27. The highest BCUT2D eigenvalue weighted by Gasteiger charge is 2.04. The van der Waals surface area contributed by atoms with Gasteiger partial charge in [-0.1, -0.05) is 18.2 Å². The molecule has 1 amide bonds. The fourth-order valence-corrected chi connectivity index (χ4v) is 1.67. The van der Waals surface area contributed by atoms with Crippen LogP contribution in [0.15, 0.2) is 60.4 Å². The highest BCUT2D eigenvalue weighted by atomic mass is 16.5. The average Bonchev–Trinajstić information content (AvgIpc) is 2.53. The molecule has 0 aliphatic rings. The molecule has 1 N–H and O–H groups in total. The van der Waals surface area contributed by atoms with Crippen molar-refractivity contribution in [2.24, 2.45) is 0 Å². The molecule has 0 saturated heterocycles. The lowest BCUT2D eigenvalue weighted by Crippen LogP contribution is -2.12. The van der Waals surface area contributed by atoms with Crippen molar-refractivity contribution in [2.45, 2.75) is 20.5 Å². The van der Waals surface area contributed by atoms with Crippen LogP contribution in [0.2, 0.25) is 0 Å². The molecule has 4 nitrogen and oxygen atoms in total. The van der Waals surface area contributed by atoms with Gasteiger partial charge in [0.15, 0.2) is 0 Å². The molecule has 0 radical (unpaired) electrons. The number of anilines is 1. The molecule has 0 spiro atoms. The highest BCUT2D eigenvalue weighted by molar-refractivity contribution is 6.03. The summed E-state index contributed by atoms with van der Waals surface area (Å²) in [5, 5.41) is 2.83. The first-order valence-corrected chi connectivity index (χ1v) is 6.75. The van der Waals surface area contributed by atoms with Crippen molar-refractivity contribution < 1.29 is 9.53 Å². The Balaban J connectivity index is 1.99. The maximum Gasteiger partial charge on any atom is 0.250 e. The standard InChI is InChI=1S/C17H18N2O2/c1-3-13(2)17(20)19-15-7-4-8-16(10-15)21-12-14-6-5-9-18-11-14/h3-11H,12H2,1-2H3,(H,19,20)/b13-3+. The molecule has 4 heteroatoms. The summed E-state index contributed by atoms with van der Waals surface area (Å²) in [5.74, 6) is 0.594. The maximum atomic E-state index is 11.8. The lowest BCUT2D eigenvalue weighted by molar-refractivity contribution is -0.112. The molecule has 2 rings (SSSR count). The van der Waals surface area contributed by atoms with E-state index >= 15 is 0 Å². The zero-order chi connectivity index (χ0) is 15.1. The van der Waals surface area contributed by atoms with Crippen LogP contribution in [-0.4, -0.2) is 10.9 Å².